The molecule has 0 unspecified atom stereocenters. The molecule has 1 aliphatic rings. The summed E-state index contributed by atoms with van der Waals surface area (Å²) < 4.78 is 35.3. The molecule has 2 aromatic rings. The second-order valence-corrected chi connectivity index (χ2v) is 9.48. The maximum atomic E-state index is 13.0. The van der Waals surface area contributed by atoms with E-state index >= 15 is 0 Å². The summed E-state index contributed by atoms with van der Waals surface area (Å²) >= 11 is 3.42. The monoisotopic (exact) mass is 452 g/mol. The minimum atomic E-state index is -3.64. The molecule has 7 heteroatoms. The topological polar surface area (TPSA) is 58.6 Å². The van der Waals surface area contributed by atoms with Gasteiger partial charge in [0.25, 0.3) is 0 Å². The zero-order valence-electron chi connectivity index (χ0n) is 15.6. The molecule has 1 fully saturated rings. The fourth-order valence-electron chi connectivity index (χ4n) is 3.09. The van der Waals surface area contributed by atoms with E-state index in [1.165, 1.54) is 0 Å². The van der Waals surface area contributed by atoms with Crippen molar-refractivity contribution in [3.63, 3.8) is 0 Å². The number of sulfonamides is 1. The first-order valence-corrected chi connectivity index (χ1v) is 11.3. The molecule has 146 valence electrons. The highest BCUT2D eigenvalue weighted by Crippen LogP contribution is 2.23. The number of nitrogens with one attached hydrogen (secondary N) is 1. The minimum absolute atomic E-state index is 0.280. The van der Waals surface area contributed by atoms with Crippen LogP contribution in [0.2, 0.25) is 0 Å². The predicted octanol–water partition coefficient (Wildman–Crippen LogP) is 3.42. The number of aryl methyl sites for hydroxylation is 2. The van der Waals surface area contributed by atoms with Crippen molar-refractivity contribution in [2.75, 3.05) is 32.8 Å². The molecule has 2 aromatic carbocycles. The van der Waals surface area contributed by atoms with E-state index < -0.39 is 10.0 Å². The molecule has 1 aliphatic heterocycles. The molecule has 0 radical (unpaired) electrons. The van der Waals surface area contributed by atoms with Gasteiger partial charge in [-0.3, -0.25) is 4.90 Å². The van der Waals surface area contributed by atoms with Gasteiger partial charge in [-0.2, -0.15) is 0 Å². The maximum absolute atomic E-state index is 13.0. The first kappa shape index (κ1) is 20.5. The molecule has 0 amide bonds. The second-order valence-electron chi connectivity index (χ2n) is 6.91. The van der Waals surface area contributed by atoms with Crippen LogP contribution in [0.15, 0.2) is 51.8 Å². The van der Waals surface area contributed by atoms with E-state index in [1.54, 1.807) is 18.2 Å². The van der Waals surface area contributed by atoms with Crippen molar-refractivity contribution in [3.05, 3.63) is 63.6 Å². The molecule has 0 aliphatic carbocycles. The lowest BCUT2D eigenvalue weighted by Crippen LogP contribution is -2.43. The van der Waals surface area contributed by atoms with Crippen LogP contribution in [-0.2, 0) is 14.8 Å². The molecular weight excluding hydrogens is 428 g/mol. The van der Waals surface area contributed by atoms with Gasteiger partial charge in [0, 0.05) is 24.1 Å². The van der Waals surface area contributed by atoms with Gasteiger partial charge in [0.2, 0.25) is 10.0 Å². The highest BCUT2D eigenvalue weighted by molar-refractivity contribution is 9.10. The predicted molar refractivity (Wildman–Crippen MR) is 110 cm³/mol. The SMILES string of the molecule is Cc1ccc([C@@H](CN2CCOCC2)NS(=O)(=O)c2ccc(Br)c(C)c2)cc1. The van der Waals surface area contributed by atoms with Gasteiger partial charge in [0.15, 0.2) is 0 Å². The molecule has 0 bridgehead atoms. The van der Waals surface area contributed by atoms with Crippen LogP contribution in [0.1, 0.15) is 22.7 Å². The molecular formula is C20H25BrN2O3S. The summed E-state index contributed by atoms with van der Waals surface area (Å²) in [5.74, 6) is 0. The van der Waals surface area contributed by atoms with Crippen LogP contribution in [0.5, 0.6) is 0 Å². The van der Waals surface area contributed by atoms with E-state index in [9.17, 15) is 8.42 Å². The summed E-state index contributed by atoms with van der Waals surface area (Å²) in [6.45, 7) is 7.49. The summed E-state index contributed by atoms with van der Waals surface area (Å²) in [6, 6.07) is 12.8. The molecule has 3 rings (SSSR count). The van der Waals surface area contributed by atoms with Crippen LogP contribution in [0.4, 0.5) is 0 Å². The van der Waals surface area contributed by atoms with Gasteiger partial charge in [-0.15, -0.1) is 0 Å². The van der Waals surface area contributed by atoms with Crippen molar-refractivity contribution in [1.29, 1.82) is 0 Å². The largest absolute Gasteiger partial charge is 0.379 e. The molecule has 1 saturated heterocycles. The Labute approximate surface area is 169 Å². The third kappa shape index (κ3) is 5.39. The summed E-state index contributed by atoms with van der Waals surface area (Å²) in [5.41, 5.74) is 3.00. The minimum Gasteiger partial charge on any atom is -0.379 e. The van der Waals surface area contributed by atoms with E-state index in [0.717, 1.165) is 34.3 Å². The van der Waals surface area contributed by atoms with Gasteiger partial charge in [0.05, 0.1) is 24.2 Å². The molecule has 0 saturated carbocycles. The normalized spacial score (nSPS) is 17.0. The van der Waals surface area contributed by atoms with Crippen LogP contribution in [0.25, 0.3) is 0 Å². The van der Waals surface area contributed by atoms with Crippen LogP contribution >= 0.6 is 15.9 Å². The fourth-order valence-corrected chi connectivity index (χ4v) is 4.64. The van der Waals surface area contributed by atoms with Gasteiger partial charge >= 0.3 is 0 Å². The van der Waals surface area contributed by atoms with Crippen molar-refractivity contribution in [2.24, 2.45) is 0 Å². The maximum Gasteiger partial charge on any atom is 0.241 e. The molecule has 27 heavy (non-hydrogen) atoms. The van der Waals surface area contributed by atoms with Crippen LogP contribution in [0, 0.1) is 13.8 Å². The van der Waals surface area contributed by atoms with E-state index in [4.69, 9.17) is 4.74 Å². The number of benzene rings is 2. The summed E-state index contributed by atoms with van der Waals surface area (Å²) in [5, 5.41) is 0. The lowest BCUT2D eigenvalue weighted by molar-refractivity contribution is 0.0345. The number of ether oxygens (including phenoxy) is 1. The number of hydrogen-bond donors (Lipinski definition) is 1. The second kappa shape index (κ2) is 8.84. The number of nitrogens with zero attached hydrogens (tertiary/aromatic N) is 1. The Morgan fingerprint density at radius 1 is 1.11 bits per heavy atom. The Morgan fingerprint density at radius 3 is 2.41 bits per heavy atom. The summed E-state index contributed by atoms with van der Waals surface area (Å²) in [4.78, 5) is 2.52. The first-order valence-electron chi connectivity index (χ1n) is 9.00. The number of hydrogen-bond acceptors (Lipinski definition) is 4. The molecule has 1 heterocycles. The molecule has 0 spiro atoms. The van der Waals surface area contributed by atoms with Crippen molar-refractivity contribution in [2.45, 2.75) is 24.8 Å². The molecule has 0 aromatic heterocycles. The van der Waals surface area contributed by atoms with E-state index in [2.05, 4.69) is 25.6 Å². The Balaban J connectivity index is 1.86. The average Bonchev–Trinajstić information content (AvgIpc) is 2.64. The number of halogens is 1. The standard InChI is InChI=1S/C20H25BrN2O3S/c1-15-3-5-17(6-4-15)20(14-23-9-11-26-12-10-23)22-27(24,25)18-7-8-19(21)16(2)13-18/h3-8,13,20,22H,9-12,14H2,1-2H3/t20-/m1/s1. The third-order valence-corrected chi connectivity index (χ3v) is 7.12. The average molecular weight is 453 g/mol. The van der Waals surface area contributed by atoms with E-state index in [-0.39, 0.29) is 10.9 Å². The van der Waals surface area contributed by atoms with Crippen molar-refractivity contribution >= 4 is 26.0 Å². The smallest absolute Gasteiger partial charge is 0.241 e. The summed E-state index contributed by atoms with van der Waals surface area (Å²) in [6.07, 6.45) is 0. The van der Waals surface area contributed by atoms with E-state index in [1.807, 2.05) is 38.1 Å². The Hall–Kier alpha value is -1.25. The van der Waals surface area contributed by atoms with Crippen molar-refractivity contribution in [1.82, 2.24) is 9.62 Å². The highest BCUT2D eigenvalue weighted by atomic mass is 79.9. The van der Waals surface area contributed by atoms with Crippen LogP contribution in [-0.4, -0.2) is 46.2 Å². The van der Waals surface area contributed by atoms with Gasteiger partial charge in [-0.1, -0.05) is 45.8 Å². The first-order chi connectivity index (χ1) is 12.8. The molecule has 5 nitrogen and oxygen atoms in total. The van der Waals surface area contributed by atoms with Crippen molar-refractivity contribution < 1.29 is 13.2 Å². The van der Waals surface area contributed by atoms with Crippen LogP contribution in [0.3, 0.4) is 0 Å². The summed E-state index contributed by atoms with van der Waals surface area (Å²) in [7, 11) is -3.64. The van der Waals surface area contributed by atoms with Gasteiger partial charge in [0.1, 0.15) is 0 Å². The van der Waals surface area contributed by atoms with Gasteiger partial charge in [-0.05, 0) is 43.2 Å². The van der Waals surface area contributed by atoms with Crippen molar-refractivity contribution in [3.8, 4) is 0 Å². The molecule has 1 N–H and O–H groups in total. The quantitative estimate of drug-likeness (QED) is 0.729. The van der Waals surface area contributed by atoms with Crippen LogP contribution < -0.4 is 4.72 Å². The van der Waals surface area contributed by atoms with Gasteiger partial charge < -0.3 is 4.74 Å². The zero-order chi connectivity index (χ0) is 19.4. The number of morpholine rings is 1. The Kier molecular flexibility index (Phi) is 6.70. The molecule has 1 atom stereocenters. The Bertz CT molecular complexity index is 879. The number of rotatable bonds is 6. The third-order valence-electron chi connectivity index (χ3n) is 4.76. The zero-order valence-corrected chi connectivity index (χ0v) is 18.0. The Morgan fingerprint density at radius 2 is 1.78 bits per heavy atom. The fraction of sp³-hybridized carbons (Fsp3) is 0.400. The lowest BCUT2D eigenvalue weighted by atomic mass is 10.1. The highest BCUT2D eigenvalue weighted by Gasteiger charge is 2.24. The van der Waals surface area contributed by atoms with Gasteiger partial charge in [-0.25, -0.2) is 13.1 Å². The van der Waals surface area contributed by atoms with E-state index in [0.29, 0.717) is 19.8 Å². The lowest BCUT2D eigenvalue weighted by Gasteiger charge is -2.31.